The minimum atomic E-state index is -0.303. The molecule has 0 atom stereocenters. The molecule has 1 aromatic heterocycles. The van der Waals surface area contributed by atoms with Gasteiger partial charge in [-0.25, -0.2) is 0 Å². The number of rotatable bonds is 6. The molecule has 142 valence electrons. The fourth-order valence-electron chi connectivity index (χ4n) is 3.41. The number of carbonyl (C=O) groups is 2. The SMILES string of the molecule is O=NCCC(=O)NC1CCC(NC(=O)c2cc(=O)c3ccccc3[nH]2)CC1. The number of para-hydroxylation sites is 1. The Hall–Kier alpha value is -3.03. The largest absolute Gasteiger partial charge is 0.353 e. The van der Waals surface area contributed by atoms with Crippen molar-refractivity contribution in [2.24, 2.45) is 5.18 Å². The summed E-state index contributed by atoms with van der Waals surface area (Å²) >= 11 is 0. The van der Waals surface area contributed by atoms with Gasteiger partial charge in [0.25, 0.3) is 5.91 Å². The summed E-state index contributed by atoms with van der Waals surface area (Å²) in [5.74, 6) is -0.474. The van der Waals surface area contributed by atoms with Gasteiger partial charge in [-0.2, -0.15) is 4.91 Å². The van der Waals surface area contributed by atoms with E-state index in [1.54, 1.807) is 24.3 Å². The molecule has 0 spiro atoms. The molecule has 1 fully saturated rings. The van der Waals surface area contributed by atoms with E-state index < -0.39 is 0 Å². The highest BCUT2D eigenvalue weighted by atomic mass is 16.3. The Morgan fingerprint density at radius 3 is 2.44 bits per heavy atom. The van der Waals surface area contributed by atoms with E-state index in [2.05, 4.69) is 20.8 Å². The van der Waals surface area contributed by atoms with E-state index in [0.717, 1.165) is 25.7 Å². The number of H-pyrrole nitrogens is 1. The first-order valence-electron chi connectivity index (χ1n) is 9.08. The van der Waals surface area contributed by atoms with Crippen LogP contribution in [0.1, 0.15) is 42.6 Å². The summed E-state index contributed by atoms with van der Waals surface area (Å²) < 4.78 is 0. The Morgan fingerprint density at radius 2 is 1.74 bits per heavy atom. The van der Waals surface area contributed by atoms with Crippen molar-refractivity contribution in [2.45, 2.75) is 44.2 Å². The van der Waals surface area contributed by atoms with Crippen LogP contribution in [-0.4, -0.2) is 35.4 Å². The molecule has 1 heterocycles. The van der Waals surface area contributed by atoms with Gasteiger partial charge in [0.05, 0.1) is 6.54 Å². The highest BCUT2D eigenvalue weighted by Crippen LogP contribution is 2.19. The van der Waals surface area contributed by atoms with Gasteiger partial charge < -0.3 is 15.6 Å². The van der Waals surface area contributed by atoms with Crippen LogP contribution in [-0.2, 0) is 4.79 Å². The summed E-state index contributed by atoms with van der Waals surface area (Å²) in [6, 6.07) is 8.45. The molecule has 1 aliphatic rings. The Kier molecular flexibility index (Phi) is 5.95. The van der Waals surface area contributed by atoms with Crippen molar-refractivity contribution in [1.29, 1.82) is 0 Å². The Bertz CT molecular complexity index is 900. The van der Waals surface area contributed by atoms with Crippen molar-refractivity contribution in [1.82, 2.24) is 15.6 Å². The topological polar surface area (TPSA) is 120 Å². The van der Waals surface area contributed by atoms with E-state index in [0.29, 0.717) is 10.9 Å². The lowest BCUT2D eigenvalue weighted by Crippen LogP contribution is -2.44. The molecule has 3 rings (SSSR count). The molecule has 3 N–H and O–H groups in total. The van der Waals surface area contributed by atoms with Crippen LogP contribution in [0.3, 0.4) is 0 Å². The van der Waals surface area contributed by atoms with Gasteiger partial charge in [-0.3, -0.25) is 14.4 Å². The van der Waals surface area contributed by atoms with Crippen molar-refractivity contribution in [3.8, 4) is 0 Å². The number of nitroso groups, excluding NO2 is 1. The van der Waals surface area contributed by atoms with Crippen molar-refractivity contribution < 1.29 is 9.59 Å². The minimum absolute atomic E-state index is 0.00253. The van der Waals surface area contributed by atoms with Crippen LogP contribution in [0.5, 0.6) is 0 Å². The van der Waals surface area contributed by atoms with Crippen LogP contribution < -0.4 is 16.1 Å². The zero-order valence-corrected chi connectivity index (χ0v) is 14.9. The van der Waals surface area contributed by atoms with E-state index in [4.69, 9.17) is 0 Å². The Balaban J connectivity index is 1.55. The normalized spacial score (nSPS) is 19.4. The first kappa shape index (κ1) is 18.8. The van der Waals surface area contributed by atoms with Gasteiger partial charge in [0.1, 0.15) is 5.69 Å². The van der Waals surface area contributed by atoms with Gasteiger partial charge >= 0.3 is 0 Å². The molecule has 0 radical (unpaired) electrons. The second-order valence-electron chi connectivity index (χ2n) is 6.79. The third-order valence-corrected chi connectivity index (χ3v) is 4.84. The molecular formula is C19H22N4O4. The van der Waals surface area contributed by atoms with Gasteiger partial charge in [0, 0.05) is 35.5 Å². The van der Waals surface area contributed by atoms with Crippen molar-refractivity contribution in [3.63, 3.8) is 0 Å². The second-order valence-corrected chi connectivity index (χ2v) is 6.79. The number of nitrogens with one attached hydrogen (secondary N) is 3. The van der Waals surface area contributed by atoms with Crippen molar-refractivity contribution in [3.05, 3.63) is 51.2 Å². The monoisotopic (exact) mass is 370 g/mol. The van der Waals surface area contributed by atoms with Crippen LogP contribution in [0.15, 0.2) is 40.3 Å². The van der Waals surface area contributed by atoms with Crippen LogP contribution in [0, 0.1) is 4.91 Å². The Morgan fingerprint density at radius 1 is 1.07 bits per heavy atom. The third-order valence-electron chi connectivity index (χ3n) is 4.84. The molecule has 1 saturated carbocycles. The Labute approximate surface area is 155 Å². The predicted molar refractivity (Wildman–Crippen MR) is 102 cm³/mol. The summed E-state index contributed by atoms with van der Waals surface area (Å²) in [6.45, 7) is -0.0127. The summed E-state index contributed by atoms with van der Waals surface area (Å²) in [5, 5.41) is 9.08. The zero-order valence-electron chi connectivity index (χ0n) is 14.9. The average Bonchev–Trinajstić information content (AvgIpc) is 2.68. The molecule has 0 aliphatic heterocycles. The molecular weight excluding hydrogens is 348 g/mol. The molecule has 2 aromatic rings. The van der Waals surface area contributed by atoms with Gasteiger partial charge in [-0.15, -0.1) is 0 Å². The lowest BCUT2D eigenvalue weighted by Gasteiger charge is -2.29. The molecule has 8 heteroatoms. The molecule has 1 aromatic carbocycles. The van der Waals surface area contributed by atoms with E-state index in [-0.39, 0.29) is 48.0 Å². The quantitative estimate of drug-likeness (QED) is 0.672. The predicted octanol–water partition coefficient (Wildman–Crippen LogP) is 1.84. The van der Waals surface area contributed by atoms with Gasteiger partial charge in [0.15, 0.2) is 5.43 Å². The van der Waals surface area contributed by atoms with Gasteiger partial charge in [-0.1, -0.05) is 17.3 Å². The first-order chi connectivity index (χ1) is 13.1. The van der Waals surface area contributed by atoms with Crippen LogP contribution in [0.2, 0.25) is 0 Å². The maximum atomic E-state index is 12.5. The van der Waals surface area contributed by atoms with Crippen LogP contribution in [0.25, 0.3) is 10.9 Å². The number of nitrogens with zero attached hydrogens (tertiary/aromatic N) is 1. The summed E-state index contributed by atoms with van der Waals surface area (Å²) in [5.41, 5.74) is 0.688. The van der Waals surface area contributed by atoms with Crippen molar-refractivity contribution >= 4 is 22.7 Å². The van der Waals surface area contributed by atoms with Gasteiger partial charge in [-0.05, 0) is 37.8 Å². The minimum Gasteiger partial charge on any atom is -0.353 e. The summed E-state index contributed by atoms with van der Waals surface area (Å²) in [7, 11) is 0. The molecule has 8 nitrogen and oxygen atoms in total. The lowest BCUT2D eigenvalue weighted by molar-refractivity contribution is -0.121. The van der Waals surface area contributed by atoms with Crippen LogP contribution in [0.4, 0.5) is 0 Å². The number of hydrogen-bond acceptors (Lipinski definition) is 5. The standard InChI is InChI=1S/C19H22N4O4/c24-17-11-16(23-15-4-2-1-3-14(15)17)19(26)22-13-7-5-12(6-8-13)21-18(25)9-10-20-27/h1-4,11-13H,5-10H2,(H,21,25)(H,22,26)(H,23,24). The van der Waals surface area contributed by atoms with Gasteiger partial charge in [0.2, 0.25) is 5.91 Å². The van der Waals surface area contributed by atoms with E-state index in [1.165, 1.54) is 6.07 Å². The number of benzene rings is 1. The van der Waals surface area contributed by atoms with E-state index in [1.807, 2.05) is 0 Å². The molecule has 0 unspecified atom stereocenters. The fraction of sp³-hybridized carbons (Fsp3) is 0.421. The third kappa shape index (κ3) is 4.78. The zero-order chi connectivity index (χ0) is 19.2. The summed E-state index contributed by atoms with van der Waals surface area (Å²) in [4.78, 5) is 49.4. The average molecular weight is 370 g/mol. The molecule has 0 bridgehead atoms. The molecule has 2 amide bonds. The number of aromatic amines is 1. The number of amides is 2. The molecule has 1 aliphatic carbocycles. The number of pyridine rings is 1. The smallest absolute Gasteiger partial charge is 0.268 e. The second kappa shape index (κ2) is 8.57. The lowest BCUT2D eigenvalue weighted by atomic mass is 9.91. The highest BCUT2D eigenvalue weighted by Gasteiger charge is 2.24. The number of carbonyl (C=O) groups excluding carboxylic acids is 2. The van der Waals surface area contributed by atoms with Crippen molar-refractivity contribution in [2.75, 3.05) is 6.54 Å². The van der Waals surface area contributed by atoms with E-state index in [9.17, 15) is 19.3 Å². The number of aromatic nitrogens is 1. The molecule has 27 heavy (non-hydrogen) atoms. The van der Waals surface area contributed by atoms with Crippen LogP contribution >= 0.6 is 0 Å². The molecule has 0 saturated heterocycles. The number of fused-ring (bicyclic) bond motifs is 1. The van der Waals surface area contributed by atoms with E-state index >= 15 is 0 Å². The first-order valence-corrected chi connectivity index (χ1v) is 9.08. The highest BCUT2D eigenvalue weighted by molar-refractivity contribution is 5.95. The number of hydrogen-bond donors (Lipinski definition) is 3. The summed E-state index contributed by atoms with van der Waals surface area (Å²) in [6.07, 6.45) is 3.08. The maximum Gasteiger partial charge on any atom is 0.268 e. The maximum absolute atomic E-state index is 12.5. The fourth-order valence-corrected chi connectivity index (χ4v) is 3.41.